The molecule has 6 nitrogen and oxygen atoms in total. The van der Waals surface area contributed by atoms with E-state index in [2.05, 4.69) is 9.97 Å². The lowest BCUT2D eigenvalue weighted by atomic mass is 10.1. The molecule has 0 saturated carbocycles. The van der Waals surface area contributed by atoms with Crippen LogP contribution in [0.5, 0.6) is 0 Å². The molecule has 0 radical (unpaired) electrons. The molecule has 2 N–H and O–H groups in total. The molecule has 0 spiro atoms. The minimum absolute atomic E-state index is 0.0893. The molecule has 20 heavy (non-hydrogen) atoms. The lowest BCUT2D eigenvalue weighted by molar-refractivity contribution is -0.141. The number of carboxylic acid groups (broad SMARTS) is 1. The van der Waals surface area contributed by atoms with Gasteiger partial charge in [0, 0.05) is 25.9 Å². The highest BCUT2D eigenvalue weighted by Crippen LogP contribution is 2.18. The molecule has 1 saturated heterocycles. The van der Waals surface area contributed by atoms with Crippen LogP contribution < -0.4 is 0 Å². The van der Waals surface area contributed by atoms with Gasteiger partial charge in [0.25, 0.3) is 0 Å². The molecule has 2 aromatic rings. The van der Waals surface area contributed by atoms with Crippen molar-refractivity contribution in [3.63, 3.8) is 0 Å². The second-order valence-corrected chi connectivity index (χ2v) is 5.03. The van der Waals surface area contributed by atoms with Gasteiger partial charge in [-0.1, -0.05) is 12.1 Å². The fraction of sp³-hybridized carbons (Fsp3) is 0.357. The molecule has 0 aliphatic carbocycles. The van der Waals surface area contributed by atoms with Gasteiger partial charge < -0.3 is 15.0 Å². The smallest absolute Gasteiger partial charge is 0.308 e. The van der Waals surface area contributed by atoms with Crippen molar-refractivity contribution < 1.29 is 14.7 Å². The number of fused-ring (bicyclic) bond motifs is 1. The SMILES string of the molecule is O=C(O)C1CC(=O)N(CCc2nc3ccccc3[nH]2)C1. The Morgan fingerprint density at radius 3 is 2.95 bits per heavy atom. The van der Waals surface area contributed by atoms with E-state index in [1.54, 1.807) is 4.90 Å². The molecule has 1 amide bonds. The first-order valence-electron chi connectivity index (χ1n) is 6.57. The highest BCUT2D eigenvalue weighted by Gasteiger charge is 2.33. The van der Waals surface area contributed by atoms with E-state index in [-0.39, 0.29) is 12.3 Å². The van der Waals surface area contributed by atoms with E-state index in [0.29, 0.717) is 19.5 Å². The summed E-state index contributed by atoms with van der Waals surface area (Å²) in [7, 11) is 0. The van der Waals surface area contributed by atoms with Crippen molar-refractivity contribution in [2.45, 2.75) is 12.8 Å². The molecule has 104 valence electrons. The Labute approximate surface area is 115 Å². The summed E-state index contributed by atoms with van der Waals surface area (Å²) in [6.07, 6.45) is 0.711. The van der Waals surface area contributed by atoms with Crippen LogP contribution in [-0.4, -0.2) is 44.9 Å². The number of aromatic amines is 1. The summed E-state index contributed by atoms with van der Waals surface area (Å²) in [5, 5.41) is 8.93. The zero-order chi connectivity index (χ0) is 14.1. The highest BCUT2D eigenvalue weighted by atomic mass is 16.4. The van der Waals surface area contributed by atoms with Gasteiger partial charge in [0.15, 0.2) is 0 Å². The molecular weight excluding hydrogens is 258 g/mol. The number of hydrogen-bond donors (Lipinski definition) is 2. The highest BCUT2D eigenvalue weighted by molar-refractivity contribution is 5.86. The predicted octanol–water partition coefficient (Wildman–Crippen LogP) is 1.04. The molecule has 1 aromatic carbocycles. The van der Waals surface area contributed by atoms with E-state index in [9.17, 15) is 9.59 Å². The normalized spacial score (nSPS) is 18.9. The van der Waals surface area contributed by atoms with Crippen molar-refractivity contribution in [3.05, 3.63) is 30.1 Å². The first-order valence-corrected chi connectivity index (χ1v) is 6.57. The molecule has 1 aliphatic heterocycles. The van der Waals surface area contributed by atoms with Gasteiger partial charge >= 0.3 is 5.97 Å². The molecule has 3 rings (SSSR count). The summed E-state index contributed by atoms with van der Waals surface area (Å²) < 4.78 is 0. The van der Waals surface area contributed by atoms with E-state index in [4.69, 9.17) is 5.11 Å². The Hall–Kier alpha value is -2.37. The summed E-state index contributed by atoms with van der Waals surface area (Å²) in [5.74, 6) is -0.742. The van der Waals surface area contributed by atoms with Crippen LogP contribution in [0, 0.1) is 5.92 Å². The number of amides is 1. The molecule has 0 bridgehead atoms. The topological polar surface area (TPSA) is 86.3 Å². The molecular formula is C14H15N3O3. The van der Waals surface area contributed by atoms with Crippen molar-refractivity contribution in [2.75, 3.05) is 13.1 Å². The number of rotatable bonds is 4. The lowest BCUT2D eigenvalue weighted by Crippen LogP contribution is -2.28. The zero-order valence-corrected chi connectivity index (χ0v) is 10.9. The number of likely N-dealkylation sites (tertiary alicyclic amines) is 1. The molecule has 1 aromatic heterocycles. The van der Waals surface area contributed by atoms with Gasteiger partial charge in [-0.25, -0.2) is 4.98 Å². The molecule has 1 unspecified atom stereocenters. The van der Waals surface area contributed by atoms with Gasteiger partial charge in [-0.3, -0.25) is 9.59 Å². The van der Waals surface area contributed by atoms with Gasteiger partial charge in [0.05, 0.1) is 17.0 Å². The van der Waals surface area contributed by atoms with Crippen molar-refractivity contribution in [3.8, 4) is 0 Å². The van der Waals surface area contributed by atoms with Crippen LogP contribution in [0.3, 0.4) is 0 Å². The van der Waals surface area contributed by atoms with Crippen LogP contribution in [0.1, 0.15) is 12.2 Å². The van der Waals surface area contributed by atoms with E-state index in [0.717, 1.165) is 16.9 Å². The third kappa shape index (κ3) is 2.36. The van der Waals surface area contributed by atoms with Crippen LogP contribution in [0.15, 0.2) is 24.3 Å². The monoisotopic (exact) mass is 273 g/mol. The Morgan fingerprint density at radius 2 is 2.25 bits per heavy atom. The fourth-order valence-corrected chi connectivity index (χ4v) is 2.52. The fourth-order valence-electron chi connectivity index (χ4n) is 2.52. The number of benzene rings is 1. The van der Waals surface area contributed by atoms with Gasteiger partial charge in [-0.05, 0) is 12.1 Å². The van der Waals surface area contributed by atoms with Crippen LogP contribution in [0.4, 0.5) is 0 Å². The summed E-state index contributed by atoms with van der Waals surface area (Å²) in [4.78, 5) is 31.9. The minimum Gasteiger partial charge on any atom is -0.481 e. The second kappa shape index (κ2) is 4.96. The maximum absolute atomic E-state index is 11.7. The molecule has 6 heteroatoms. The van der Waals surface area contributed by atoms with Crippen molar-refractivity contribution in [2.24, 2.45) is 5.92 Å². The van der Waals surface area contributed by atoms with Crippen LogP contribution in [0.2, 0.25) is 0 Å². The van der Waals surface area contributed by atoms with Crippen LogP contribution in [-0.2, 0) is 16.0 Å². The number of nitrogens with one attached hydrogen (secondary N) is 1. The number of aromatic nitrogens is 2. The molecule has 2 heterocycles. The van der Waals surface area contributed by atoms with Gasteiger partial charge in [0.1, 0.15) is 5.82 Å². The number of H-pyrrole nitrogens is 1. The summed E-state index contributed by atoms with van der Waals surface area (Å²) in [6.45, 7) is 0.802. The van der Waals surface area contributed by atoms with Crippen LogP contribution in [0.25, 0.3) is 11.0 Å². The molecule has 1 atom stereocenters. The largest absolute Gasteiger partial charge is 0.481 e. The number of hydrogen-bond acceptors (Lipinski definition) is 3. The minimum atomic E-state index is -0.899. The predicted molar refractivity (Wildman–Crippen MR) is 72.1 cm³/mol. The maximum atomic E-state index is 11.7. The number of aliphatic carboxylic acids is 1. The second-order valence-electron chi connectivity index (χ2n) is 5.03. The Bertz CT molecular complexity index is 631. The maximum Gasteiger partial charge on any atom is 0.308 e. The van der Waals surface area contributed by atoms with Gasteiger partial charge in [-0.15, -0.1) is 0 Å². The number of carbonyl (C=O) groups is 2. The first-order chi connectivity index (χ1) is 9.63. The quantitative estimate of drug-likeness (QED) is 0.871. The number of para-hydroxylation sites is 2. The van der Waals surface area contributed by atoms with E-state index >= 15 is 0 Å². The average Bonchev–Trinajstić information content (AvgIpc) is 2.99. The standard InChI is InChI=1S/C14H15N3O3/c18-13-7-9(14(19)20)8-17(13)6-5-12-15-10-3-1-2-4-11(10)16-12/h1-4,9H,5-8H2,(H,15,16)(H,19,20). The van der Waals surface area contributed by atoms with Crippen LogP contribution >= 0.6 is 0 Å². The summed E-state index contributed by atoms with van der Waals surface area (Å²) in [5.41, 5.74) is 1.87. The average molecular weight is 273 g/mol. The molecule has 1 aliphatic rings. The van der Waals surface area contributed by atoms with Crippen molar-refractivity contribution in [1.82, 2.24) is 14.9 Å². The van der Waals surface area contributed by atoms with E-state index in [1.807, 2.05) is 24.3 Å². The van der Waals surface area contributed by atoms with Gasteiger partial charge in [-0.2, -0.15) is 0 Å². The number of carboxylic acids is 1. The molecule has 1 fully saturated rings. The zero-order valence-electron chi connectivity index (χ0n) is 10.9. The summed E-state index contributed by atoms with van der Waals surface area (Å²) >= 11 is 0. The number of carbonyl (C=O) groups excluding carboxylic acids is 1. The lowest BCUT2D eigenvalue weighted by Gasteiger charge is -2.14. The number of nitrogens with zero attached hydrogens (tertiary/aromatic N) is 2. The number of imidazole rings is 1. The van der Waals surface area contributed by atoms with E-state index in [1.165, 1.54) is 0 Å². The first kappa shape index (κ1) is 12.7. The van der Waals surface area contributed by atoms with Gasteiger partial charge in [0.2, 0.25) is 5.91 Å². The summed E-state index contributed by atoms with van der Waals surface area (Å²) in [6, 6.07) is 7.74. The Balaban J connectivity index is 1.64. The Kier molecular flexibility index (Phi) is 3.14. The van der Waals surface area contributed by atoms with Crippen molar-refractivity contribution >= 4 is 22.9 Å². The van der Waals surface area contributed by atoms with Crippen molar-refractivity contribution in [1.29, 1.82) is 0 Å². The Morgan fingerprint density at radius 1 is 1.45 bits per heavy atom. The third-order valence-electron chi connectivity index (χ3n) is 3.62. The third-order valence-corrected chi connectivity index (χ3v) is 3.62. The van der Waals surface area contributed by atoms with E-state index < -0.39 is 11.9 Å².